The number of anilines is 1. The average Bonchev–Trinajstić information content (AvgIpc) is 3.63. The smallest absolute Gasteiger partial charge is 0.247 e. The number of para-hydroxylation sites is 1. The SMILES string of the molecule is COc1cccc([C@H]2CC(c3cccs3)=NN2c2nc(-c3ccccc3)c3cc(Cl)ccc3n2)c1OC. The van der Waals surface area contributed by atoms with Crippen LogP contribution in [-0.2, 0) is 0 Å². The molecule has 0 radical (unpaired) electrons. The van der Waals surface area contributed by atoms with Crippen LogP contribution in [0.25, 0.3) is 22.2 Å². The highest BCUT2D eigenvalue weighted by Gasteiger charge is 2.35. The number of methoxy groups -OCH3 is 2. The molecule has 0 fully saturated rings. The van der Waals surface area contributed by atoms with E-state index in [0.717, 1.165) is 38.3 Å². The maximum Gasteiger partial charge on any atom is 0.247 e. The molecule has 8 heteroatoms. The molecule has 6 rings (SSSR count). The molecule has 0 amide bonds. The summed E-state index contributed by atoms with van der Waals surface area (Å²) in [5.41, 5.74) is 4.52. The molecule has 0 saturated carbocycles. The summed E-state index contributed by atoms with van der Waals surface area (Å²) < 4.78 is 11.4. The van der Waals surface area contributed by atoms with E-state index in [2.05, 4.69) is 11.4 Å². The Labute approximate surface area is 223 Å². The summed E-state index contributed by atoms with van der Waals surface area (Å²) in [5.74, 6) is 1.86. The van der Waals surface area contributed by atoms with Gasteiger partial charge in [0, 0.05) is 28.0 Å². The maximum atomic E-state index is 6.37. The summed E-state index contributed by atoms with van der Waals surface area (Å²) >= 11 is 8.04. The molecule has 1 aliphatic heterocycles. The predicted octanol–water partition coefficient (Wildman–Crippen LogP) is 7.38. The molecule has 0 saturated heterocycles. The van der Waals surface area contributed by atoms with Gasteiger partial charge in [0.2, 0.25) is 5.95 Å². The quantitative estimate of drug-likeness (QED) is 0.231. The van der Waals surface area contributed by atoms with E-state index in [1.165, 1.54) is 0 Å². The number of thiophene rings is 1. The molecular weight excluding hydrogens is 504 g/mol. The van der Waals surface area contributed by atoms with Crippen LogP contribution in [0, 0.1) is 0 Å². The van der Waals surface area contributed by atoms with Crippen LogP contribution >= 0.6 is 22.9 Å². The highest BCUT2D eigenvalue weighted by atomic mass is 35.5. The molecule has 0 unspecified atom stereocenters. The van der Waals surface area contributed by atoms with Gasteiger partial charge in [-0.1, -0.05) is 60.1 Å². The van der Waals surface area contributed by atoms with Crippen molar-refractivity contribution in [2.45, 2.75) is 12.5 Å². The molecule has 6 nitrogen and oxygen atoms in total. The van der Waals surface area contributed by atoms with E-state index in [4.69, 9.17) is 36.1 Å². The molecular formula is C29H23ClN4O2S. The second-order valence-electron chi connectivity index (χ2n) is 8.57. The second kappa shape index (κ2) is 9.84. The van der Waals surface area contributed by atoms with Crippen molar-refractivity contribution < 1.29 is 9.47 Å². The number of nitrogens with zero attached hydrogens (tertiary/aromatic N) is 4. The first-order chi connectivity index (χ1) is 18.2. The van der Waals surface area contributed by atoms with Gasteiger partial charge in [0.05, 0.1) is 42.1 Å². The van der Waals surface area contributed by atoms with Crippen molar-refractivity contribution in [1.82, 2.24) is 9.97 Å². The number of ether oxygens (including phenoxy) is 2. The first kappa shape index (κ1) is 23.5. The van der Waals surface area contributed by atoms with Gasteiger partial charge in [0.15, 0.2) is 11.5 Å². The number of fused-ring (bicyclic) bond motifs is 1. The number of hydrogen-bond acceptors (Lipinski definition) is 7. The molecule has 184 valence electrons. The Bertz CT molecular complexity index is 1610. The van der Waals surface area contributed by atoms with Crippen molar-refractivity contribution >= 4 is 45.5 Å². The molecule has 5 aromatic rings. The van der Waals surface area contributed by atoms with E-state index in [1.54, 1.807) is 25.6 Å². The minimum Gasteiger partial charge on any atom is -0.493 e. The zero-order valence-corrected chi connectivity index (χ0v) is 21.8. The molecule has 3 heterocycles. The molecule has 1 aliphatic rings. The first-order valence-electron chi connectivity index (χ1n) is 11.8. The lowest BCUT2D eigenvalue weighted by Crippen LogP contribution is -2.22. The fourth-order valence-electron chi connectivity index (χ4n) is 4.71. The van der Waals surface area contributed by atoms with E-state index >= 15 is 0 Å². The summed E-state index contributed by atoms with van der Waals surface area (Å²) in [7, 11) is 3.30. The molecule has 1 atom stereocenters. The summed E-state index contributed by atoms with van der Waals surface area (Å²) in [5, 5.41) is 10.6. The number of halogens is 1. The fourth-order valence-corrected chi connectivity index (χ4v) is 5.60. The number of hydrogen-bond donors (Lipinski definition) is 0. The highest BCUT2D eigenvalue weighted by Crippen LogP contribution is 2.44. The van der Waals surface area contributed by atoms with Crippen LogP contribution in [0.5, 0.6) is 11.5 Å². The molecule has 0 bridgehead atoms. The van der Waals surface area contributed by atoms with Gasteiger partial charge >= 0.3 is 0 Å². The van der Waals surface area contributed by atoms with E-state index in [0.29, 0.717) is 28.9 Å². The Kier molecular flexibility index (Phi) is 6.24. The summed E-state index contributed by atoms with van der Waals surface area (Å²) in [4.78, 5) is 11.1. The Morgan fingerprint density at radius 3 is 2.54 bits per heavy atom. The summed E-state index contributed by atoms with van der Waals surface area (Å²) in [6.07, 6.45) is 0.673. The van der Waals surface area contributed by atoms with Gasteiger partial charge in [-0.3, -0.25) is 0 Å². The molecule has 3 aromatic carbocycles. The number of aromatic nitrogens is 2. The third-order valence-corrected chi connectivity index (χ3v) is 7.56. The van der Waals surface area contributed by atoms with Crippen molar-refractivity contribution in [3.05, 3.63) is 99.7 Å². The van der Waals surface area contributed by atoms with Crippen LogP contribution in [0.1, 0.15) is 22.9 Å². The average molecular weight is 527 g/mol. The van der Waals surface area contributed by atoms with Crippen molar-refractivity contribution in [2.24, 2.45) is 5.10 Å². The number of rotatable bonds is 6. The molecule has 0 spiro atoms. The highest BCUT2D eigenvalue weighted by molar-refractivity contribution is 7.12. The number of hydrazone groups is 1. The molecule has 2 aromatic heterocycles. The van der Waals surface area contributed by atoms with Crippen LogP contribution in [0.2, 0.25) is 5.02 Å². The van der Waals surface area contributed by atoms with Crippen LogP contribution in [0.4, 0.5) is 5.95 Å². The Balaban J connectivity index is 1.56. The Morgan fingerprint density at radius 2 is 1.78 bits per heavy atom. The van der Waals surface area contributed by atoms with Crippen molar-refractivity contribution in [3.63, 3.8) is 0 Å². The lowest BCUT2D eigenvalue weighted by molar-refractivity contribution is 0.349. The van der Waals surface area contributed by atoms with Crippen molar-refractivity contribution in [2.75, 3.05) is 19.2 Å². The van der Waals surface area contributed by atoms with Crippen LogP contribution in [0.15, 0.2) is 89.3 Å². The predicted molar refractivity (Wildman–Crippen MR) is 150 cm³/mol. The standard InChI is InChI=1S/C29H23ClN4O2S/c1-35-25-11-6-10-20(28(25)36-2)24-17-23(26-12-7-15-37-26)33-34(24)29-31-22-14-13-19(30)16-21(22)27(32-29)18-8-4-3-5-9-18/h3-16,24H,17H2,1-2H3/t24-/m1/s1. The Hall–Kier alpha value is -3.94. The zero-order chi connectivity index (χ0) is 25.4. The van der Waals surface area contributed by atoms with Gasteiger partial charge in [0.25, 0.3) is 0 Å². The number of benzene rings is 3. The Morgan fingerprint density at radius 1 is 0.919 bits per heavy atom. The van der Waals surface area contributed by atoms with E-state index in [-0.39, 0.29) is 6.04 Å². The summed E-state index contributed by atoms with van der Waals surface area (Å²) in [6, 6.07) is 25.6. The van der Waals surface area contributed by atoms with Gasteiger partial charge < -0.3 is 9.47 Å². The van der Waals surface area contributed by atoms with Crippen LogP contribution < -0.4 is 14.5 Å². The van der Waals surface area contributed by atoms with Crippen LogP contribution in [-0.4, -0.2) is 29.9 Å². The van der Waals surface area contributed by atoms with Gasteiger partial charge in [-0.15, -0.1) is 11.3 Å². The van der Waals surface area contributed by atoms with E-state index in [1.807, 2.05) is 77.8 Å². The second-order valence-corrected chi connectivity index (χ2v) is 9.96. The lowest BCUT2D eigenvalue weighted by Gasteiger charge is -2.25. The van der Waals surface area contributed by atoms with Gasteiger partial charge in [-0.05, 0) is 35.7 Å². The minimum absolute atomic E-state index is 0.185. The lowest BCUT2D eigenvalue weighted by atomic mass is 9.99. The van der Waals surface area contributed by atoms with Crippen molar-refractivity contribution in [1.29, 1.82) is 0 Å². The molecule has 0 aliphatic carbocycles. The van der Waals surface area contributed by atoms with Gasteiger partial charge in [-0.25, -0.2) is 15.0 Å². The van der Waals surface area contributed by atoms with E-state index in [9.17, 15) is 0 Å². The fraction of sp³-hybridized carbons (Fsp3) is 0.138. The van der Waals surface area contributed by atoms with E-state index < -0.39 is 0 Å². The zero-order valence-electron chi connectivity index (χ0n) is 20.3. The minimum atomic E-state index is -0.185. The first-order valence-corrected chi connectivity index (χ1v) is 13.1. The van der Waals surface area contributed by atoms with Crippen molar-refractivity contribution in [3.8, 4) is 22.8 Å². The van der Waals surface area contributed by atoms with Gasteiger partial charge in [0.1, 0.15) is 0 Å². The summed E-state index contributed by atoms with van der Waals surface area (Å²) in [6.45, 7) is 0. The molecule has 37 heavy (non-hydrogen) atoms. The maximum absolute atomic E-state index is 6.37. The monoisotopic (exact) mass is 526 g/mol. The largest absolute Gasteiger partial charge is 0.493 e. The van der Waals surface area contributed by atoms with Gasteiger partial charge in [-0.2, -0.15) is 5.10 Å². The third-order valence-electron chi connectivity index (χ3n) is 6.41. The molecule has 0 N–H and O–H groups in total. The third kappa shape index (κ3) is 4.30. The van der Waals surface area contributed by atoms with Crippen LogP contribution in [0.3, 0.4) is 0 Å². The normalized spacial score (nSPS) is 15.2. The topological polar surface area (TPSA) is 59.8 Å².